The largest absolute Gasteiger partial charge is 0.397 e. The number of nitrogens with one attached hydrogen (secondary N) is 1. The summed E-state index contributed by atoms with van der Waals surface area (Å²) < 4.78 is 15.0. The number of nitrogens with zero attached hydrogens (tertiary/aromatic N) is 4. The number of amides is 1. The first kappa shape index (κ1) is 17.1. The first-order valence-electron chi connectivity index (χ1n) is 7.58. The fourth-order valence-electron chi connectivity index (χ4n) is 2.45. The minimum atomic E-state index is -1.27. The zero-order valence-electron chi connectivity index (χ0n) is 13.4. The van der Waals surface area contributed by atoms with E-state index in [0.717, 1.165) is 0 Å². The molecule has 1 aliphatic carbocycles. The molecule has 0 aliphatic heterocycles. The van der Waals surface area contributed by atoms with Crippen LogP contribution in [0, 0.1) is 0 Å². The molecule has 1 aliphatic rings. The first-order valence-corrected chi connectivity index (χ1v) is 7.96. The molecule has 130 valence electrons. The smallest absolute Gasteiger partial charge is 0.251 e. The molecular weight excluding hydrogens is 347 g/mol. The summed E-state index contributed by atoms with van der Waals surface area (Å²) in [6, 6.07) is 2.91. The fraction of sp³-hybridized carbons (Fsp3) is 0.250. The highest BCUT2D eigenvalue weighted by atomic mass is 35.5. The molecule has 0 spiro atoms. The van der Waals surface area contributed by atoms with Crippen molar-refractivity contribution in [2.45, 2.75) is 25.6 Å². The summed E-state index contributed by atoms with van der Waals surface area (Å²) in [5.41, 5.74) is 6.35. The molecule has 2 unspecified atom stereocenters. The van der Waals surface area contributed by atoms with Crippen molar-refractivity contribution in [2.75, 3.05) is 5.73 Å². The van der Waals surface area contributed by atoms with Gasteiger partial charge in [0.1, 0.15) is 12.5 Å². The zero-order valence-corrected chi connectivity index (χ0v) is 14.1. The lowest BCUT2D eigenvalue weighted by Crippen LogP contribution is -2.30. The molecule has 3 N–H and O–H groups in total. The van der Waals surface area contributed by atoms with Crippen LogP contribution < -0.4 is 11.1 Å². The van der Waals surface area contributed by atoms with Gasteiger partial charge in [0.2, 0.25) is 0 Å². The van der Waals surface area contributed by atoms with Gasteiger partial charge in [-0.25, -0.2) is 14.4 Å². The molecule has 0 radical (unpaired) electrons. The second-order valence-electron chi connectivity index (χ2n) is 5.61. The van der Waals surface area contributed by atoms with Crippen molar-refractivity contribution < 1.29 is 9.18 Å². The lowest BCUT2D eigenvalue weighted by molar-refractivity contribution is -0.117. The van der Waals surface area contributed by atoms with Crippen molar-refractivity contribution in [3.63, 3.8) is 0 Å². The predicted octanol–water partition coefficient (Wildman–Crippen LogP) is 2.21. The standard InChI is InChI=1S/C16H16ClFN6O/c1-9(23-16(25)10-4-11(17)6-12(18)5-10)15-21-8-22-24(15)14-3-2-13(19)7-20-14/h2-5,7-9,12H,6,19H2,1H3,(H,23,25). The second kappa shape index (κ2) is 7.02. The molecule has 2 heterocycles. The number of carbonyl (C=O) groups is 1. The van der Waals surface area contributed by atoms with Crippen LogP contribution in [0.1, 0.15) is 25.2 Å². The van der Waals surface area contributed by atoms with Gasteiger partial charge in [0.05, 0.1) is 17.9 Å². The number of carbonyl (C=O) groups excluding carboxylic acids is 1. The van der Waals surface area contributed by atoms with Crippen molar-refractivity contribution in [3.05, 3.63) is 53.2 Å². The fourth-order valence-corrected chi connectivity index (χ4v) is 2.71. The van der Waals surface area contributed by atoms with Gasteiger partial charge in [-0.1, -0.05) is 11.6 Å². The van der Waals surface area contributed by atoms with Gasteiger partial charge in [-0.15, -0.1) is 0 Å². The molecule has 2 atom stereocenters. The van der Waals surface area contributed by atoms with Gasteiger partial charge in [-0.05, 0) is 31.2 Å². The Hall–Kier alpha value is -2.74. The van der Waals surface area contributed by atoms with Gasteiger partial charge in [-0.3, -0.25) is 4.79 Å². The quantitative estimate of drug-likeness (QED) is 0.868. The van der Waals surface area contributed by atoms with Crippen LogP contribution in [-0.4, -0.2) is 31.8 Å². The molecule has 25 heavy (non-hydrogen) atoms. The molecule has 0 fully saturated rings. The topological polar surface area (TPSA) is 98.7 Å². The molecule has 0 saturated carbocycles. The SMILES string of the molecule is CC(NC(=O)C1=CC(F)CC(Cl)=C1)c1ncnn1-c1ccc(N)cn1. The lowest BCUT2D eigenvalue weighted by Gasteiger charge is -2.17. The van der Waals surface area contributed by atoms with Crippen LogP contribution in [-0.2, 0) is 4.79 Å². The Balaban J connectivity index is 1.78. The third-order valence-electron chi connectivity index (χ3n) is 3.62. The molecule has 1 amide bonds. The van der Waals surface area contributed by atoms with Crippen LogP contribution in [0.15, 0.2) is 47.4 Å². The Morgan fingerprint density at radius 2 is 2.28 bits per heavy atom. The van der Waals surface area contributed by atoms with E-state index in [9.17, 15) is 9.18 Å². The number of nitrogens with two attached hydrogens (primary N) is 1. The maximum atomic E-state index is 13.5. The van der Waals surface area contributed by atoms with Crippen LogP contribution in [0.2, 0.25) is 0 Å². The monoisotopic (exact) mass is 362 g/mol. The third-order valence-corrected chi connectivity index (χ3v) is 3.88. The van der Waals surface area contributed by atoms with Gasteiger partial charge in [-0.2, -0.15) is 9.78 Å². The molecule has 7 nitrogen and oxygen atoms in total. The van der Waals surface area contributed by atoms with Gasteiger partial charge >= 0.3 is 0 Å². The van der Waals surface area contributed by atoms with Crippen molar-refractivity contribution in [1.29, 1.82) is 0 Å². The number of nitrogen functional groups attached to an aromatic ring is 1. The van der Waals surface area contributed by atoms with E-state index in [2.05, 4.69) is 20.4 Å². The summed E-state index contributed by atoms with van der Waals surface area (Å²) in [5.74, 6) is 0.563. The van der Waals surface area contributed by atoms with Crippen LogP contribution >= 0.6 is 11.6 Å². The predicted molar refractivity (Wildman–Crippen MR) is 91.7 cm³/mol. The number of halogens is 2. The highest BCUT2D eigenvalue weighted by molar-refractivity contribution is 6.30. The summed E-state index contributed by atoms with van der Waals surface area (Å²) in [6.07, 6.45) is 4.41. The van der Waals surface area contributed by atoms with Gasteiger partial charge in [0.15, 0.2) is 11.6 Å². The van der Waals surface area contributed by atoms with Crippen molar-refractivity contribution >= 4 is 23.2 Å². The van der Waals surface area contributed by atoms with Crippen molar-refractivity contribution in [3.8, 4) is 5.82 Å². The number of pyridine rings is 1. The van der Waals surface area contributed by atoms with E-state index in [0.29, 0.717) is 22.4 Å². The Bertz CT molecular complexity index is 845. The molecule has 3 rings (SSSR count). The Kier molecular flexibility index (Phi) is 4.80. The van der Waals surface area contributed by atoms with Crippen LogP contribution in [0.4, 0.5) is 10.1 Å². The number of hydrogen-bond acceptors (Lipinski definition) is 5. The van der Waals surface area contributed by atoms with E-state index in [4.69, 9.17) is 17.3 Å². The van der Waals surface area contributed by atoms with E-state index < -0.39 is 18.1 Å². The average molecular weight is 363 g/mol. The Morgan fingerprint density at radius 1 is 1.48 bits per heavy atom. The molecule has 2 aromatic rings. The zero-order chi connectivity index (χ0) is 18.0. The maximum absolute atomic E-state index is 13.5. The Morgan fingerprint density at radius 3 is 2.96 bits per heavy atom. The number of rotatable bonds is 4. The Labute approximate surface area is 148 Å². The van der Waals surface area contributed by atoms with Crippen molar-refractivity contribution in [1.82, 2.24) is 25.1 Å². The lowest BCUT2D eigenvalue weighted by atomic mass is 10.0. The average Bonchev–Trinajstić information content (AvgIpc) is 3.04. The second-order valence-corrected chi connectivity index (χ2v) is 6.09. The molecular formula is C16H16ClFN6O. The minimum Gasteiger partial charge on any atom is -0.397 e. The highest BCUT2D eigenvalue weighted by Crippen LogP contribution is 2.23. The van der Waals surface area contributed by atoms with Crippen molar-refractivity contribution in [2.24, 2.45) is 0 Å². The van der Waals surface area contributed by atoms with Gasteiger partial charge in [0.25, 0.3) is 5.91 Å². The summed E-state index contributed by atoms with van der Waals surface area (Å²) in [5, 5.41) is 7.19. The summed E-state index contributed by atoms with van der Waals surface area (Å²) in [7, 11) is 0. The summed E-state index contributed by atoms with van der Waals surface area (Å²) in [4.78, 5) is 20.7. The number of alkyl halides is 1. The molecule has 9 heteroatoms. The maximum Gasteiger partial charge on any atom is 0.251 e. The molecule has 2 aromatic heterocycles. The molecule has 0 saturated heterocycles. The van der Waals surface area contributed by atoms with E-state index in [1.165, 1.54) is 29.4 Å². The third kappa shape index (κ3) is 3.85. The first-order chi connectivity index (χ1) is 11.9. The number of anilines is 1. The normalized spacial score (nSPS) is 18.3. The van der Waals surface area contributed by atoms with Crippen LogP contribution in [0.3, 0.4) is 0 Å². The summed E-state index contributed by atoms with van der Waals surface area (Å²) in [6.45, 7) is 1.75. The number of aromatic nitrogens is 4. The van der Waals surface area contributed by atoms with Crippen LogP contribution in [0.5, 0.6) is 0 Å². The van der Waals surface area contributed by atoms with E-state index in [-0.39, 0.29) is 12.0 Å². The molecule has 0 bridgehead atoms. The van der Waals surface area contributed by atoms with Gasteiger partial charge in [0, 0.05) is 17.0 Å². The number of allylic oxidation sites excluding steroid dienone is 2. The minimum absolute atomic E-state index is 0.0883. The van der Waals surface area contributed by atoms with Gasteiger partial charge < -0.3 is 11.1 Å². The van der Waals surface area contributed by atoms with E-state index in [1.807, 2.05) is 0 Å². The summed E-state index contributed by atoms with van der Waals surface area (Å²) >= 11 is 5.86. The highest BCUT2D eigenvalue weighted by Gasteiger charge is 2.22. The molecule has 0 aromatic carbocycles. The van der Waals surface area contributed by atoms with Crippen LogP contribution in [0.25, 0.3) is 5.82 Å². The number of hydrogen-bond donors (Lipinski definition) is 2. The van der Waals surface area contributed by atoms with E-state index >= 15 is 0 Å². The van der Waals surface area contributed by atoms with E-state index in [1.54, 1.807) is 19.1 Å².